The Morgan fingerprint density at radius 1 is 1.54 bits per heavy atom. The summed E-state index contributed by atoms with van der Waals surface area (Å²) in [6.45, 7) is -0.307. The van der Waals surface area contributed by atoms with Crippen LogP contribution in [-0.2, 0) is 9.59 Å². The highest BCUT2D eigenvalue weighted by Crippen LogP contribution is 1.99. The minimum absolute atomic E-state index is 0.254. The summed E-state index contributed by atoms with van der Waals surface area (Å²) < 4.78 is 12.0. The zero-order valence-electron chi connectivity index (χ0n) is 7.05. The number of amides is 2. The van der Waals surface area contributed by atoms with Gasteiger partial charge in [-0.3, -0.25) is 9.59 Å². The van der Waals surface area contributed by atoms with E-state index in [1.807, 2.05) is 0 Å². The molecular weight excluding hydrogens is 177 g/mol. The second kappa shape index (κ2) is 4.18. The van der Waals surface area contributed by atoms with Crippen molar-refractivity contribution in [3.8, 4) is 0 Å². The van der Waals surface area contributed by atoms with Crippen LogP contribution < -0.4 is 16.4 Å². The summed E-state index contributed by atoms with van der Waals surface area (Å²) in [5.74, 6) is -1.33. The van der Waals surface area contributed by atoms with Crippen molar-refractivity contribution in [3.63, 3.8) is 0 Å². The number of carbonyl (C=O) groups excluding carboxylic acids is 2. The van der Waals surface area contributed by atoms with E-state index in [2.05, 4.69) is 10.6 Å². The van der Waals surface area contributed by atoms with E-state index < -0.39 is 24.5 Å². The Balaban J connectivity index is 2.37. The molecule has 5 nitrogen and oxygen atoms in total. The average molecular weight is 189 g/mol. The van der Waals surface area contributed by atoms with Crippen molar-refractivity contribution >= 4 is 11.8 Å². The van der Waals surface area contributed by atoms with Gasteiger partial charge in [0.1, 0.15) is 6.67 Å². The molecule has 13 heavy (non-hydrogen) atoms. The fourth-order valence-electron chi connectivity index (χ4n) is 1.17. The highest BCUT2D eigenvalue weighted by atomic mass is 19.1. The van der Waals surface area contributed by atoms with Gasteiger partial charge in [0, 0.05) is 18.6 Å². The van der Waals surface area contributed by atoms with Gasteiger partial charge in [-0.15, -0.1) is 0 Å². The Kier molecular flexibility index (Phi) is 3.18. The smallest absolute Gasteiger partial charge is 0.309 e. The summed E-state index contributed by atoms with van der Waals surface area (Å²) in [5, 5.41) is 4.82. The number of hydrogen-bond acceptors (Lipinski definition) is 3. The van der Waals surface area contributed by atoms with Gasteiger partial charge in [0.15, 0.2) is 0 Å². The monoisotopic (exact) mass is 189 g/mol. The van der Waals surface area contributed by atoms with Gasteiger partial charge in [-0.05, 0) is 6.42 Å². The van der Waals surface area contributed by atoms with Crippen LogP contribution in [0.1, 0.15) is 6.42 Å². The molecule has 2 amide bonds. The summed E-state index contributed by atoms with van der Waals surface area (Å²) in [4.78, 5) is 21.5. The van der Waals surface area contributed by atoms with E-state index in [-0.39, 0.29) is 6.04 Å². The van der Waals surface area contributed by atoms with Crippen LogP contribution in [0.15, 0.2) is 0 Å². The molecule has 2 atom stereocenters. The van der Waals surface area contributed by atoms with Crippen molar-refractivity contribution in [2.45, 2.75) is 18.5 Å². The third kappa shape index (κ3) is 2.66. The fourth-order valence-corrected chi connectivity index (χ4v) is 1.17. The first-order valence-electron chi connectivity index (χ1n) is 4.03. The van der Waals surface area contributed by atoms with E-state index in [0.717, 1.165) is 0 Å². The maximum Gasteiger partial charge on any atom is 0.309 e. The molecule has 1 aliphatic rings. The molecule has 1 fully saturated rings. The molecule has 74 valence electrons. The van der Waals surface area contributed by atoms with Gasteiger partial charge in [-0.1, -0.05) is 0 Å². The molecule has 1 rings (SSSR count). The Bertz CT molecular complexity index is 222. The van der Waals surface area contributed by atoms with Gasteiger partial charge in [0.25, 0.3) is 0 Å². The van der Waals surface area contributed by atoms with Gasteiger partial charge in [0.05, 0.1) is 0 Å². The molecule has 1 saturated heterocycles. The number of nitrogens with one attached hydrogen (secondary N) is 2. The van der Waals surface area contributed by atoms with E-state index in [1.165, 1.54) is 0 Å². The molecule has 0 bridgehead atoms. The summed E-state index contributed by atoms with van der Waals surface area (Å²) in [7, 11) is 0. The third-order valence-electron chi connectivity index (χ3n) is 1.84. The number of alkyl halides is 1. The van der Waals surface area contributed by atoms with Gasteiger partial charge < -0.3 is 16.4 Å². The molecule has 0 spiro atoms. The number of hydrogen-bond donors (Lipinski definition) is 3. The number of rotatable bonds is 3. The quantitative estimate of drug-likeness (QED) is 0.462. The minimum Gasteiger partial charge on any atom is -0.346 e. The van der Waals surface area contributed by atoms with Crippen LogP contribution in [-0.4, -0.2) is 37.1 Å². The molecule has 0 saturated carbocycles. The SMILES string of the molecule is NC(CF)CC1CNC(=O)C(=O)N1. The van der Waals surface area contributed by atoms with Crippen LogP contribution in [0.5, 0.6) is 0 Å². The Labute approximate surface area is 74.9 Å². The number of carbonyl (C=O) groups is 2. The molecule has 1 heterocycles. The maximum atomic E-state index is 12.0. The topological polar surface area (TPSA) is 84.2 Å². The van der Waals surface area contributed by atoms with Crippen molar-refractivity contribution in [1.82, 2.24) is 10.6 Å². The van der Waals surface area contributed by atoms with Crippen LogP contribution >= 0.6 is 0 Å². The fraction of sp³-hybridized carbons (Fsp3) is 0.714. The van der Waals surface area contributed by atoms with E-state index in [1.54, 1.807) is 0 Å². The highest BCUT2D eigenvalue weighted by Gasteiger charge is 2.25. The standard InChI is InChI=1S/C7H12FN3O2/c8-2-4(9)1-5-3-10-6(12)7(13)11-5/h4-5H,1-3,9H2,(H,10,12)(H,11,13). The lowest BCUT2D eigenvalue weighted by atomic mass is 10.1. The predicted octanol–water partition coefficient (Wildman–Crippen LogP) is -1.71. The van der Waals surface area contributed by atoms with Crippen molar-refractivity contribution < 1.29 is 14.0 Å². The first-order chi connectivity index (χ1) is 6.13. The lowest BCUT2D eigenvalue weighted by molar-refractivity contribution is -0.141. The zero-order valence-corrected chi connectivity index (χ0v) is 7.05. The molecule has 0 aromatic carbocycles. The molecule has 0 aromatic rings. The molecule has 1 aliphatic heterocycles. The van der Waals surface area contributed by atoms with Crippen LogP contribution in [0.2, 0.25) is 0 Å². The maximum absolute atomic E-state index is 12.0. The van der Waals surface area contributed by atoms with Gasteiger partial charge in [-0.25, -0.2) is 4.39 Å². The van der Waals surface area contributed by atoms with Crippen molar-refractivity contribution in [3.05, 3.63) is 0 Å². The molecule has 0 aliphatic carbocycles. The normalized spacial score (nSPS) is 24.9. The summed E-state index contributed by atoms with van der Waals surface area (Å²) >= 11 is 0. The van der Waals surface area contributed by atoms with Crippen molar-refractivity contribution in [1.29, 1.82) is 0 Å². The number of nitrogens with two attached hydrogens (primary N) is 1. The van der Waals surface area contributed by atoms with E-state index in [4.69, 9.17) is 5.73 Å². The molecule has 4 N–H and O–H groups in total. The van der Waals surface area contributed by atoms with E-state index in [0.29, 0.717) is 13.0 Å². The van der Waals surface area contributed by atoms with Crippen LogP contribution in [0, 0.1) is 0 Å². The molecule has 0 aromatic heterocycles. The number of piperazine rings is 1. The summed E-state index contributed by atoms with van der Waals surface area (Å²) in [5.41, 5.74) is 5.34. The Hall–Kier alpha value is -1.17. The van der Waals surface area contributed by atoms with Gasteiger partial charge in [0.2, 0.25) is 0 Å². The van der Waals surface area contributed by atoms with Crippen LogP contribution in [0.4, 0.5) is 4.39 Å². The average Bonchev–Trinajstić information content (AvgIpc) is 2.11. The van der Waals surface area contributed by atoms with Crippen LogP contribution in [0.25, 0.3) is 0 Å². The minimum atomic E-state index is -0.678. The zero-order chi connectivity index (χ0) is 9.84. The second-order valence-corrected chi connectivity index (χ2v) is 3.03. The summed E-state index contributed by atoms with van der Waals surface area (Å²) in [6, 6.07) is -0.837. The van der Waals surface area contributed by atoms with Crippen molar-refractivity contribution in [2.75, 3.05) is 13.2 Å². The molecule has 2 unspecified atom stereocenters. The molecule has 6 heteroatoms. The van der Waals surface area contributed by atoms with E-state index >= 15 is 0 Å². The Morgan fingerprint density at radius 2 is 2.23 bits per heavy atom. The molecule has 0 radical (unpaired) electrons. The van der Waals surface area contributed by atoms with Gasteiger partial charge in [-0.2, -0.15) is 0 Å². The lowest BCUT2D eigenvalue weighted by Gasteiger charge is -2.24. The third-order valence-corrected chi connectivity index (χ3v) is 1.84. The lowest BCUT2D eigenvalue weighted by Crippen LogP contribution is -2.57. The van der Waals surface area contributed by atoms with Crippen LogP contribution in [0.3, 0.4) is 0 Å². The predicted molar refractivity (Wildman–Crippen MR) is 43.5 cm³/mol. The largest absolute Gasteiger partial charge is 0.346 e. The van der Waals surface area contributed by atoms with E-state index in [9.17, 15) is 14.0 Å². The van der Waals surface area contributed by atoms with Gasteiger partial charge >= 0.3 is 11.8 Å². The first kappa shape index (κ1) is 9.91. The second-order valence-electron chi connectivity index (χ2n) is 3.03. The number of halogens is 1. The Morgan fingerprint density at radius 3 is 2.77 bits per heavy atom. The first-order valence-corrected chi connectivity index (χ1v) is 4.03. The summed E-state index contributed by atoms with van der Waals surface area (Å²) in [6.07, 6.45) is 0.336. The van der Waals surface area contributed by atoms with Crippen molar-refractivity contribution in [2.24, 2.45) is 5.73 Å². The highest BCUT2D eigenvalue weighted by molar-refractivity contribution is 6.35. The molecular formula is C7H12FN3O2.